The third kappa shape index (κ3) is 2.43. The molecular weight excluding hydrogens is 228 g/mol. The molecule has 1 aromatic carbocycles. The van der Waals surface area contributed by atoms with E-state index < -0.39 is 17.9 Å². The number of benzene rings is 1. The first-order valence-electron chi connectivity index (χ1n) is 3.97. The summed E-state index contributed by atoms with van der Waals surface area (Å²) in [5, 5.41) is 9.56. The first-order valence-corrected chi connectivity index (χ1v) is 4.34. The molecule has 0 aliphatic carbocycles. The van der Waals surface area contributed by atoms with Gasteiger partial charge in [0.2, 0.25) is 0 Å². The quantitative estimate of drug-likeness (QED) is 0.834. The fourth-order valence-electron chi connectivity index (χ4n) is 0.989. The van der Waals surface area contributed by atoms with E-state index in [2.05, 4.69) is 5.73 Å². The predicted molar refractivity (Wildman–Crippen MR) is 50.6 cm³/mol. The molecule has 1 aromatic rings. The molecule has 0 radical (unpaired) electrons. The molecule has 0 aliphatic heterocycles. The largest absolute Gasteiger partial charge is 0.381 e. The molecule has 0 aliphatic rings. The van der Waals surface area contributed by atoms with E-state index in [-0.39, 0.29) is 5.56 Å². The second-order valence-corrected chi connectivity index (χ2v) is 3.38. The van der Waals surface area contributed by atoms with Crippen molar-refractivity contribution in [1.82, 2.24) is 0 Å². The second kappa shape index (κ2) is 4.12. The Balaban J connectivity index is 2.99. The zero-order valence-corrected chi connectivity index (χ0v) is 8.21. The van der Waals surface area contributed by atoms with Gasteiger partial charge in [0.1, 0.15) is 0 Å². The van der Waals surface area contributed by atoms with Crippen LogP contribution in [0.2, 0.25) is 5.02 Å². The van der Waals surface area contributed by atoms with E-state index >= 15 is 0 Å². The Bertz CT molecular complexity index is 367. The highest BCUT2D eigenvalue weighted by Crippen LogP contribution is 2.31. The monoisotopic (exact) mass is 235 g/mol. The number of aliphatic hydroxyl groups is 1. The van der Waals surface area contributed by atoms with E-state index in [0.717, 1.165) is 0 Å². The number of rotatable bonds is 3. The third-order valence-corrected chi connectivity index (χ3v) is 2.11. The molecule has 6 heteroatoms. The van der Waals surface area contributed by atoms with Crippen LogP contribution in [-0.4, -0.2) is 16.9 Å². The van der Waals surface area contributed by atoms with Crippen molar-refractivity contribution in [2.45, 2.75) is 12.0 Å². The zero-order chi connectivity index (χ0) is 11.6. The molecule has 3 N–H and O–H groups in total. The maximum Gasteiger partial charge on any atom is 0.353 e. The summed E-state index contributed by atoms with van der Waals surface area (Å²) in [5.74, 6) is -5.86. The average Bonchev–Trinajstić information content (AvgIpc) is 2.17. The molecule has 1 amide bonds. The minimum absolute atomic E-state index is 0.122. The molecule has 0 saturated heterocycles. The number of primary amides is 1. The average molecular weight is 236 g/mol. The normalized spacial score (nSPS) is 13.6. The molecule has 1 atom stereocenters. The van der Waals surface area contributed by atoms with Crippen LogP contribution >= 0.6 is 11.6 Å². The van der Waals surface area contributed by atoms with Crippen LogP contribution in [0, 0.1) is 0 Å². The molecule has 0 saturated carbocycles. The number of carbonyl (C=O) groups excluding carboxylic acids is 1. The van der Waals surface area contributed by atoms with Gasteiger partial charge in [0.25, 0.3) is 5.91 Å². The molecule has 0 bridgehead atoms. The Morgan fingerprint density at radius 3 is 2.27 bits per heavy atom. The minimum atomic E-state index is -3.99. The van der Waals surface area contributed by atoms with Crippen molar-refractivity contribution in [2.24, 2.45) is 5.73 Å². The van der Waals surface area contributed by atoms with Gasteiger partial charge in [0.05, 0.1) is 0 Å². The van der Waals surface area contributed by atoms with Crippen LogP contribution in [0.15, 0.2) is 24.3 Å². The fraction of sp³-hybridized carbons (Fsp3) is 0.222. The summed E-state index contributed by atoms with van der Waals surface area (Å²) in [5.41, 5.74) is 4.34. The number of carbonyl (C=O) groups is 1. The van der Waals surface area contributed by atoms with Crippen LogP contribution in [-0.2, 0) is 4.79 Å². The van der Waals surface area contributed by atoms with E-state index in [0.29, 0.717) is 5.02 Å². The Morgan fingerprint density at radius 1 is 1.40 bits per heavy atom. The summed E-state index contributed by atoms with van der Waals surface area (Å²) in [6.07, 6.45) is -2.26. The number of nitrogens with two attached hydrogens (primary N) is 1. The van der Waals surface area contributed by atoms with Crippen molar-refractivity contribution in [3.63, 3.8) is 0 Å². The number of hydrogen-bond donors (Lipinski definition) is 2. The lowest BCUT2D eigenvalue weighted by Gasteiger charge is -2.19. The van der Waals surface area contributed by atoms with E-state index in [1.807, 2.05) is 0 Å². The molecule has 82 valence electrons. The Morgan fingerprint density at radius 2 is 1.87 bits per heavy atom. The maximum atomic E-state index is 13.0. The van der Waals surface area contributed by atoms with E-state index in [9.17, 15) is 18.7 Å². The summed E-state index contributed by atoms with van der Waals surface area (Å²) >= 11 is 5.53. The topological polar surface area (TPSA) is 63.3 Å². The molecule has 0 aromatic heterocycles. The van der Waals surface area contributed by atoms with Crippen molar-refractivity contribution < 1.29 is 18.7 Å². The molecule has 0 fully saturated rings. The number of halogens is 3. The highest BCUT2D eigenvalue weighted by molar-refractivity contribution is 6.30. The Labute approximate surface area is 89.5 Å². The number of alkyl halides is 2. The van der Waals surface area contributed by atoms with E-state index in [1.54, 1.807) is 0 Å². The highest BCUT2D eigenvalue weighted by Gasteiger charge is 2.45. The number of aliphatic hydroxyl groups excluding tert-OH is 1. The SMILES string of the molecule is NC(=O)C(F)(F)C(O)c1ccc(Cl)cc1. The number of amides is 1. The summed E-state index contributed by atoms with van der Waals surface area (Å²) in [6, 6.07) is 5.06. The van der Waals surface area contributed by atoms with Gasteiger partial charge in [0, 0.05) is 5.02 Å². The molecule has 1 unspecified atom stereocenters. The predicted octanol–water partition coefficient (Wildman–Crippen LogP) is 1.49. The molecule has 1 rings (SSSR count). The van der Waals surface area contributed by atoms with Crippen molar-refractivity contribution in [1.29, 1.82) is 0 Å². The minimum Gasteiger partial charge on any atom is -0.381 e. The van der Waals surface area contributed by atoms with Crippen LogP contribution in [0.1, 0.15) is 11.7 Å². The van der Waals surface area contributed by atoms with Crippen molar-refractivity contribution >= 4 is 17.5 Å². The Kier molecular flexibility index (Phi) is 3.26. The Hall–Kier alpha value is -1.20. The molecule has 3 nitrogen and oxygen atoms in total. The number of hydrogen-bond acceptors (Lipinski definition) is 2. The molecular formula is C9H8ClF2NO2. The maximum absolute atomic E-state index is 13.0. The molecule has 0 heterocycles. The van der Waals surface area contributed by atoms with Crippen LogP contribution in [0.5, 0.6) is 0 Å². The smallest absolute Gasteiger partial charge is 0.353 e. The first-order chi connectivity index (χ1) is 6.85. The van der Waals surface area contributed by atoms with Gasteiger partial charge in [0.15, 0.2) is 6.10 Å². The fourth-order valence-corrected chi connectivity index (χ4v) is 1.12. The van der Waals surface area contributed by atoms with Gasteiger partial charge in [-0.1, -0.05) is 23.7 Å². The van der Waals surface area contributed by atoms with Gasteiger partial charge in [-0.25, -0.2) is 0 Å². The van der Waals surface area contributed by atoms with Gasteiger partial charge in [-0.15, -0.1) is 0 Å². The lowest BCUT2D eigenvalue weighted by Crippen LogP contribution is -2.40. The van der Waals surface area contributed by atoms with Gasteiger partial charge in [-0.3, -0.25) is 4.79 Å². The van der Waals surface area contributed by atoms with Crippen molar-refractivity contribution in [2.75, 3.05) is 0 Å². The van der Waals surface area contributed by atoms with Crippen molar-refractivity contribution in [3.8, 4) is 0 Å². The van der Waals surface area contributed by atoms with Gasteiger partial charge in [-0.2, -0.15) is 8.78 Å². The van der Waals surface area contributed by atoms with Crippen LogP contribution in [0.4, 0.5) is 8.78 Å². The highest BCUT2D eigenvalue weighted by atomic mass is 35.5. The summed E-state index contributed by atoms with van der Waals surface area (Å²) in [6.45, 7) is 0. The lowest BCUT2D eigenvalue weighted by molar-refractivity contribution is -0.160. The molecule has 15 heavy (non-hydrogen) atoms. The summed E-state index contributed by atoms with van der Waals surface area (Å²) in [7, 11) is 0. The van der Waals surface area contributed by atoms with Crippen LogP contribution in [0.3, 0.4) is 0 Å². The summed E-state index contributed by atoms with van der Waals surface area (Å²) < 4.78 is 25.9. The second-order valence-electron chi connectivity index (χ2n) is 2.94. The van der Waals surface area contributed by atoms with Gasteiger partial charge in [-0.05, 0) is 17.7 Å². The van der Waals surface area contributed by atoms with Crippen LogP contribution in [0.25, 0.3) is 0 Å². The van der Waals surface area contributed by atoms with E-state index in [4.69, 9.17) is 11.6 Å². The lowest BCUT2D eigenvalue weighted by atomic mass is 10.0. The zero-order valence-electron chi connectivity index (χ0n) is 7.45. The van der Waals surface area contributed by atoms with Gasteiger partial charge < -0.3 is 10.8 Å². The first kappa shape index (κ1) is 11.9. The van der Waals surface area contributed by atoms with Crippen molar-refractivity contribution in [3.05, 3.63) is 34.9 Å². The third-order valence-electron chi connectivity index (χ3n) is 1.86. The van der Waals surface area contributed by atoms with Gasteiger partial charge >= 0.3 is 5.92 Å². The molecule has 0 spiro atoms. The summed E-state index contributed by atoms with van der Waals surface area (Å²) in [4.78, 5) is 10.4. The standard InChI is InChI=1S/C9H8ClF2NO2/c10-6-3-1-5(2-4-6)7(14)9(11,12)8(13)15/h1-4,7,14H,(H2,13,15). The van der Waals surface area contributed by atoms with Crippen LogP contribution < -0.4 is 5.73 Å². The van der Waals surface area contributed by atoms with E-state index in [1.165, 1.54) is 24.3 Å².